The van der Waals surface area contributed by atoms with E-state index in [1.54, 1.807) is 7.05 Å². The standard InChI is InChI=1S/C20H24ClN5O2/c1-3-18(28)26(2)17-7-5-4-6-16(17)24-19-15(21)12-22-20(25-19)23-13-8-10-14(27)11-9-13/h3-7,12-14,27H,1,8-11H2,2H3,(H2,22,23,24,25). The van der Waals surface area contributed by atoms with Crippen molar-refractivity contribution in [2.75, 3.05) is 22.6 Å². The lowest BCUT2D eigenvalue weighted by molar-refractivity contribution is -0.113. The van der Waals surface area contributed by atoms with Crippen LogP contribution in [0.1, 0.15) is 25.7 Å². The minimum absolute atomic E-state index is 0.215. The number of hydrogen-bond donors (Lipinski definition) is 3. The van der Waals surface area contributed by atoms with E-state index in [-0.39, 0.29) is 18.1 Å². The van der Waals surface area contributed by atoms with Crippen molar-refractivity contribution in [1.29, 1.82) is 0 Å². The molecular weight excluding hydrogens is 378 g/mol. The molecular formula is C20H24ClN5O2. The summed E-state index contributed by atoms with van der Waals surface area (Å²) in [5.41, 5.74) is 1.37. The summed E-state index contributed by atoms with van der Waals surface area (Å²) < 4.78 is 0. The van der Waals surface area contributed by atoms with Crippen LogP contribution >= 0.6 is 11.6 Å². The van der Waals surface area contributed by atoms with Gasteiger partial charge in [0.15, 0.2) is 5.82 Å². The number of aromatic nitrogens is 2. The number of carbonyl (C=O) groups is 1. The Morgan fingerprint density at radius 2 is 2.04 bits per heavy atom. The Balaban J connectivity index is 1.79. The van der Waals surface area contributed by atoms with Crippen LogP contribution in [0.3, 0.4) is 0 Å². The lowest BCUT2D eigenvalue weighted by atomic mass is 9.93. The first-order valence-corrected chi connectivity index (χ1v) is 9.59. The molecule has 1 saturated carbocycles. The second-order valence-electron chi connectivity index (χ2n) is 6.78. The minimum atomic E-state index is -0.218. The Morgan fingerprint density at radius 1 is 1.32 bits per heavy atom. The van der Waals surface area contributed by atoms with Crippen LogP contribution in [0, 0.1) is 0 Å². The number of hydrogen-bond acceptors (Lipinski definition) is 6. The van der Waals surface area contributed by atoms with Gasteiger partial charge in [-0.2, -0.15) is 4.98 Å². The second kappa shape index (κ2) is 9.03. The molecule has 1 aliphatic carbocycles. The summed E-state index contributed by atoms with van der Waals surface area (Å²) in [6.45, 7) is 3.53. The third-order valence-corrected chi connectivity index (χ3v) is 5.07. The number of likely N-dealkylation sites (N-methyl/N-ethyl adjacent to an activating group) is 1. The average Bonchev–Trinajstić information content (AvgIpc) is 2.71. The molecule has 1 aromatic heterocycles. The Kier molecular flexibility index (Phi) is 6.49. The Morgan fingerprint density at radius 3 is 2.75 bits per heavy atom. The zero-order valence-corrected chi connectivity index (χ0v) is 16.5. The number of amides is 1. The number of anilines is 4. The highest BCUT2D eigenvalue weighted by molar-refractivity contribution is 6.33. The maximum Gasteiger partial charge on any atom is 0.250 e. The zero-order valence-electron chi connectivity index (χ0n) is 15.7. The van der Waals surface area contributed by atoms with E-state index in [2.05, 4.69) is 27.2 Å². The molecule has 1 aromatic carbocycles. The third kappa shape index (κ3) is 4.79. The van der Waals surface area contributed by atoms with E-state index in [0.717, 1.165) is 25.7 Å². The van der Waals surface area contributed by atoms with Crippen molar-refractivity contribution >= 4 is 40.6 Å². The molecule has 1 heterocycles. The van der Waals surface area contributed by atoms with Crippen molar-refractivity contribution in [2.24, 2.45) is 0 Å². The maximum atomic E-state index is 12.0. The predicted molar refractivity (Wildman–Crippen MR) is 112 cm³/mol. The quantitative estimate of drug-likeness (QED) is 0.639. The summed E-state index contributed by atoms with van der Waals surface area (Å²) >= 11 is 6.28. The number of halogens is 1. The summed E-state index contributed by atoms with van der Waals surface area (Å²) in [5.74, 6) is 0.702. The minimum Gasteiger partial charge on any atom is -0.393 e. The molecule has 2 aromatic rings. The van der Waals surface area contributed by atoms with E-state index in [0.29, 0.717) is 28.2 Å². The molecule has 28 heavy (non-hydrogen) atoms. The lowest BCUT2D eigenvalue weighted by Gasteiger charge is -2.26. The van der Waals surface area contributed by atoms with Crippen LogP contribution in [0.25, 0.3) is 0 Å². The highest BCUT2D eigenvalue weighted by Gasteiger charge is 2.20. The van der Waals surface area contributed by atoms with Gasteiger partial charge in [-0.3, -0.25) is 4.79 Å². The lowest BCUT2D eigenvalue weighted by Crippen LogP contribution is -2.29. The van der Waals surface area contributed by atoms with Crippen LogP contribution in [0.4, 0.5) is 23.1 Å². The fraction of sp³-hybridized carbons (Fsp3) is 0.350. The predicted octanol–water partition coefficient (Wildman–Crippen LogP) is 3.74. The molecule has 1 fully saturated rings. The fourth-order valence-corrected chi connectivity index (χ4v) is 3.32. The molecule has 0 radical (unpaired) electrons. The number of rotatable bonds is 6. The smallest absolute Gasteiger partial charge is 0.250 e. The molecule has 1 amide bonds. The molecule has 3 N–H and O–H groups in total. The van der Waals surface area contributed by atoms with Gasteiger partial charge in [-0.15, -0.1) is 0 Å². The van der Waals surface area contributed by atoms with Crippen LogP contribution in [0.5, 0.6) is 0 Å². The van der Waals surface area contributed by atoms with E-state index in [1.165, 1.54) is 17.2 Å². The summed E-state index contributed by atoms with van der Waals surface area (Å²) in [6.07, 6.45) is 5.87. The topological polar surface area (TPSA) is 90.4 Å². The van der Waals surface area contributed by atoms with Gasteiger partial charge >= 0.3 is 0 Å². The normalized spacial score (nSPS) is 19.0. The van der Waals surface area contributed by atoms with Crippen molar-refractivity contribution < 1.29 is 9.90 Å². The van der Waals surface area contributed by atoms with Crippen LogP contribution in [0.15, 0.2) is 43.1 Å². The largest absolute Gasteiger partial charge is 0.393 e. The van der Waals surface area contributed by atoms with Gasteiger partial charge in [-0.05, 0) is 43.9 Å². The molecule has 0 unspecified atom stereocenters. The van der Waals surface area contributed by atoms with Gasteiger partial charge in [-0.1, -0.05) is 30.3 Å². The van der Waals surface area contributed by atoms with E-state index in [9.17, 15) is 9.90 Å². The van der Waals surface area contributed by atoms with Gasteiger partial charge in [0.2, 0.25) is 11.9 Å². The summed E-state index contributed by atoms with van der Waals surface area (Å²) in [6, 6.07) is 7.60. The van der Waals surface area contributed by atoms with Crippen LogP contribution in [-0.4, -0.2) is 40.2 Å². The van der Waals surface area contributed by atoms with E-state index < -0.39 is 0 Å². The Bertz CT molecular complexity index is 852. The molecule has 7 nitrogen and oxygen atoms in total. The second-order valence-corrected chi connectivity index (χ2v) is 7.19. The molecule has 0 bridgehead atoms. The molecule has 0 atom stereocenters. The number of nitrogens with one attached hydrogen (secondary N) is 2. The number of carbonyl (C=O) groups excluding carboxylic acids is 1. The molecule has 0 saturated heterocycles. The van der Waals surface area contributed by atoms with Crippen molar-refractivity contribution in [1.82, 2.24) is 9.97 Å². The van der Waals surface area contributed by atoms with Crippen molar-refractivity contribution in [3.63, 3.8) is 0 Å². The van der Waals surface area contributed by atoms with Crippen molar-refractivity contribution in [3.8, 4) is 0 Å². The van der Waals surface area contributed by atoms with Crippen LogP contribution in [-0.2, 0) is 4.79 Å². The van der Waals surface area contributed by atoms with Crippen LogP contribution < -0.4 is 15.5 Å². The van der Waals surface area contributed by atoms with Gasteiger partial charge in [0.1, 0.15) is 5.02 Å². The first kappa shape index (κ1) is 20.1. The summed E-state index contributed by atoms with van der Waals surface area (Å²) in [4.78, 5) is 22.2. The fourth-order valence-electron chi connectivity index (χ4n) is 3.18. The number of aliphatic hydroxyl groups excluding tert-OH is 1. The van der Waals surface area contributed by atoms with E-state index in [1.807, 2.05) is 24.3 Å². The number of nitrogens with zero attached hydrogens (tertiary/aromatic N) is 3. The Hall–Kier alpha value is -2.64. The first-order chi connectivity index (χ1) is 13.5. The monoisotopic (exact) mass is 401 g/mol. The van der Waals surface area contributed by atoms with Gasteiger partial charge in [-0.25, -0.2) is 4.98 Å². The van der Waals surface area contributed by atoms with Gasteiger partial charge in [0, 0.05) is 13.1 Å². The Labute approximate surface area is 169 Å². The molecule has 0 aliphatic heterocycles. The van der Waals surface area contributed by atoms with Gasteiger partial charge < -0.3 is 20.6 Å². The zero-order chi connectivity index (χ0) is 20.1. The number of benzene rings is 1. The van der Waals surface area contributed by atoms with Crippen LogP contribution in [0.2, 0.25) is 5.02 Å². The molecule has 0 spiro atoms. The number of para-hydroxylation sites is 2. The van der Waals surface area contributed by atoms with Gasteiger partial charge in [0.05, 0.1) is 23.7 Å². The van der Waals surface area contributed by atoms with Crippen molar-refractivity contribution in [2.45, 2.75) is 37.8 Å². The third-order valence-electron chi connectivity index (χ3n) is 4.80. The van der Waals surface area contributed by atoms with Crippen molar-refractivity contribution in [3.05, 3.63) is 48.1 Å². The van der Waals surface area contributed by atoms with Gasteiger partial charge in [0.25, 0.3) is 0 Å². The maximum absolute atomic E-state index is 12.0. The average molecular weight is 402 g/mol. The molecule has 3 rings (SSSR count). The SMILES string of the molecule is C=CC(=O)N(C)c1ccccc1Nc1nc(NC2CCC(O)CC2)ncc1Cl. The first-order valence-electron chi connectivity index (χ1n) is 9.21. The molecule has 8 heteroatoms. The highest BCUT2D eigenvalue weighted by atomic mass is 35.5. The van der Waals surface area contributed by atoms with E-state index in [4.69, 9.17) is 11.6 Å². The summed E-state index contributed by atoms with van der Waals surface area (Å²) in [7, 11) is 1.68. The summed E-state index contributed by atoms with van der Waals surface area (Å²) in [5, 5.41) is 16.5. The number of aliphatic hydroxyl groups is 1. The van der Waals surface area contributed by atoms with E-state index >= 15 is 0 Å². The molecule has 148 valence electrons. The molecule has 1 aliphatic rings. The highest BCUT2D eigenvalue weighted by Crippen LogP contribution is 2.31.